The smallest absolute Gasteiger partial charge is 0.238 e. The van der Waals surface area contributed by atoms with Gasteiger partial charge in [0.15, 0.2) is 0 Å². The number of sulfonamides is 1. The van der Waals surface area contributed by atoms with E-state index >= 15 is 0 Å². The normalized spacial score (nSPS) is 11.4. The molecule has 3 aromatic carbocycles. The Morgan fingerprint density at radius 2 is 1.55 bits per heavy atom. The summed E-state index contributed by atoms with van der Waals surface area (Å²) in [6.07, 6.45) is 0.832. The summed E-state index contributed by atoms with van der Waals surface area (Å²) in [5.41, 5.74) is 3.27. The van der Waals surface area contributed by atoms with E-state index in [2.05, 4.69) is 11.4 Å². The van der Waals surface area contributed by atoms with Gasteiger partial charge in [0.1, 0.15) is 18.9 Å². The van der Waals surface area contributed by atoms with E-state index in [0.29, 0.717) is 11.6 Å². The molecule has 29 heavy (non-hydrogen) atoms. The van der Waals surface area contributed by atoms with Crippen molar-refractivity contribution in [3.05, 3.63) is 94.5 Å². The van der Waals surface area contributed by atoms with Crippen LogP contribution in [0, 0.1) is 0 Å². The molecule has 0 aliphatic carbocycles. The van der Waals surface area contributed by atoms with E-state index in [9.17, 15) is 8.42 Å². The molecule has 0 spiro atoms. The highest BCUT2D eigenvalue weighted by Gasteiger charge is 2.08. The van der Waals surface area contributed by atoms with Gasteiger partial charge in [-0.2, -0.15) is 0 Å². The molecule has 0 fully saturated rings. The van der Waals surface area contributed by atoms with Gasteiger partial charge in [0.25, 0.3) is 0 Å². The number of benzene rings is 3. The largest absolute Gasteiger partial charge is 0.488 e. The highest BCUT2D eigenvalue weighted by molar-refractivity contribution is 7.89. The molecule has 0 amide bonds. The van der Waals surface area contributed by atoms with E-state index in [1.165, 1.54) is 0 Å². The monoisotopic (exact) mass is 431 g/mol. The van der Waals surface area contributed by atoms with Crippen LogP contribution in [0.25, 0.3) is 0 Å². The summed E-state index contributed by atoms with van der Waals surface area (Å²) in [5, 5.41) is 8.04. The van der Waals surface area contributed by atoms with Crippen LogP contribution in [0.3, 0.4) is 0 Å². The van der Waals surface area contributed by atoms with Crippen LogP contribution in [-0.4, -0.2) is 15.0 Å². The molecule has 0 saturated heterocycles. The number of primary sulfonamides is 1. The molecule has 7 heteroatoms. The second-order valence-electron chi connectivity index (χ2n) is 6.74. The summed E-state index contributed by atoms with van der Waals surface area (Å²) in [5.74, 6) is 0.871. The zero-order valence-corrected chi connectivity index (χ0v) is 17.5. The van der Waals surface area contributed by atoms with Crippen molar-refractivity contribution < 1.29 is 18.5 Å². The highest BCUT2D eigenvalue weighted by Crippen LogP contribution is 2.19. The van der Waals surface area contributed by atoms with Crippen LogP contribution in [0.5, 0.6) is 5.75 Å². The predicted molar refractivity (Wildman–Crippen MR) is 114 cm³/mol. The average molecular weight is 432 g/mol. The average Bonchev–Trinajstić information content (AvgIpc) is 2.71. The Hall–Kier alpha value is -2.38. The minimum Gasteiger partial charge on any atom is -0.488 e. The minimum atomic E-state index is -3.64. The van der Waals surface area contributed by atoms with Crippen molar-refractivity contribution in [1.29, 1.82) is 0 Å². The maximum absolute atomic E-state index is 11.3. The Morgan fingerprint density at radius 3 is 2.24 bits per heavy atom. The lowest BCUT2D eigenvalue weighted by atomic mass is 10.1. The predicted octanol–water partition coefficient (Wildman–Crippen LogP) is 2.87. The quantitative estimate of drug-likeness (QED) is 0.511. The first-order valence-electron chi connectivity index (χ1n) is 9.30. The van der Waals surface area contributed by atoms with Crippen LogP contribution >= 0.6 is 11.6 Å². The standard InChI is InChI=1S/C22H23ClN2O3S/c23-20-9-5-18(6-10-20)16-28-22-4-2-1-3-19(22)15-25-14-13-17-7-11-21(12-8-17)29(24,26)27/h1-12,25H,13-16H2,(H2,24,26,27)/p+1. The first-order valence-corrected chi connectivity index (χ1v) is 11.2. The van der Waals surface area contributed by atoms with Gasteiger partial charge in [-0.1, -0.05) is 48.0 Å². The summed E-state index contributed by atoms with van der Waals surface area (Å²) in [7, 11) is -3.64. The molecule has 0 atom stereocenters. The van der Waals surface area contributed by atoms with Crippen LogP contribution < -0.4 is 15.2 Å². The second-order valence-corrected chi connectivity index (χ2v) is 8.74. The Labute approximate surface area is 176 Å². The van der Waals surface area contributed by atoms with Crippen molar-refractivity contribution in [2.45, 2.75) is 24.5 Å². The first-order chi connectivity index (χ1) is 13.9. The maximum Gasteiger partial charge on any atom is 0.238 e. The Balaban J connectivity index is 1.50. The number of rotatable bonds is 9. The van der Waals surface area contributed by atoms with Crippen LogP contribution in [0.2, 0.25) is 5.02 Å². The van der Waals surface area contributed by atoms with Crippen molar-refractivity contribution in [3.8, 4) is 5.75 Å². The van der Waals surface area contributed by atoms with E-state index in [1.807, 2.05) is 42.5 Å². The Bertz CT molecular complexity index is 1040. The fourth-order valence-corrected chi connectivity index (χ4v) is 3.57. The molecule has 3 rings (SSSR count). The van der Waals surface area contributed by atoms with Crippen molar-refractivity contribution in [2.75, 3.05) is 6.54 Å². The van der Waals surface area contributed by atoms with Crippen molar-refractivity contribution in [3.63, 3.8) is 0 Å². The van der Waals surface area contributed by atoms with Gasteiger partial charge < -0.3 is 10.1 Å². The third-order valence-corrected chi connectivity index (χ3v) is 5.71. The molecule has 3 aromatic rings. The molecule has 0 radical (unpaired) electrons. The van der Waals surface area contributed by atoms with Crippen molar-refractivity contribution in [1.82, 2.24) is 0 Å². The van der Waals surface area contributed by atoms with Crippen LogP contribution in [0.15, 0.2) is 77.7 Å². The van der Waals surface area contributed by atoms with Gasteiger partial charge in [-0.05, 0) is 47.5 Å². The highest BCUT2D eigenvalue weighted by atomic mass is 35.5. The van der Waals surface area contributed by atoms with E-state index < -0.39 is 10.0 Å². The van der Waals surface area contributed by atoms with Crippen LogP contribution in [-0.2, 0) is 29.6 Å². The van der Waals surface area contributed by atoms with Gasteiger partial charge in [-0.15, -0.1) is 0 Å². The Kier molecular flexibility index (Phi) is 7.28. The number of para-hydroxylation sites is 1. The van der Waals surface area contributed by atoms with Gasteiger partial charge in [-0.25, -0.2) is 13.6 Å². The van der Waals surface area contributed by atoms with E-state index in [-0.39, 0.29) is 4.90 Å². The van der Waals surface area contributed by atoms with E-state index in [0.717, 1.165) is 42.0 Å². The summed E-state index contributed by atoms with van der Waals surface area (Å²) < 4.78 is 28.6. The SMILES string of the molecule is NS(=O)(=O)c1ccc(CC[NH2+]Cc2ccccc2OCc2ccc(Cl)cc2)cc1. The summed E-state index contributed by atoms with van der Waals surface area (Å²) in [6.45, 7) is 2.16. The molecule has 0 bridgehead atoms. The zero-order chi connectivity index (χ0) is 20.7. The molecule has 0 saturated carbocycles. The third-order valence-electron chi connectivity index (χ3n) is 4.53. The van der Waals surface area contributed by atoms with E-state index in [4.69, 9.17) is 21.5 Å². The minimum absolute atomic E-state index is 0.136. The third kappa shape index (κ3) is 6.58. The molecule has 0 heterocycles. The van der Waals surface area contributed by atoms with Gasteiger partial charge in [0, 0.05) is 17.0 Å². The summed E-state index contributed by atoms with van der Waals surface area (Å²) >= 11 is 5.92. The number of quaternary nitrogens is 1. The molecule has 0 aliphatic rings. The van der Waals surface area contributed by atoms with Crippen LogP contribution in [0.1, 0.15) is 16.7 Å². The van der Waals surface area contributed by atoms with Gasteiger partial charge >= 0.3 is 0 Å². The lowest BCUT2D eigenvalue weighted by molar-refractivity contribution is -0.670. The fraction of sp³-hybridized carbons (Fsp3) is 0.182. The molecule has 0 aromatic heterocycles. The molecular weight excluding hydrogens is 408 g/mol. The summed E-state index contributed by atoms with van der Waals surface area (Å²) in [6, 6.07) is 22.3. The second kappa shape index (κ2) is 9.89. The number of ether oxygens (including phenoxy) is 1. The number of hydrogen-bond donors (Lipinski definition) is 2. The van der Waals surface area contributed by atoms with Crippen LogP contribution in [0.4, 0.5) is 0 Å². The van der Waals surface area contributed by atoms with E-state index in [1.54, 1.807) is 24.3 Å². The molecule has 5 nitrogen and oxygen atoms in total. The van der Waals surface area contributed by atoms with Crippen molar-refractivity contribution in [2.24, 2.45) is 5.14 Å². The van der Waals surface area contributed by atoms with Gasteiger partial charge in [0.05, 0.1) is 11.4 Å². The zero-order valence-electron chi connectivity index (χ0n) is 15.9. The summed E-state index contributed by atoms with van der Waals surface area (Å²) in [4.78, 5) is 0.136. The fourth-order valence-electron chi connectivity index (χ4n) is 2.93. The first kappa shape index (κ1) is 21.3. The lowest BCUT2D eigenvalue weighted by Gasteiger charge is -2.11. The molecule has 4 N–H and O–H groups in total. The van der Waals surface area contributed by atoms with Gasteiger partial charge in [-0.3, -0.25) is 0 Å². The molecule has 152 valence electrons. The molecule has 0 aliphatic heterocycles. The Morgan fingerprint density at radius 1 is 0.897 bits per heavy atom. The van der Waals surface area contributed by atoms with Crippen molar-refractivity contribution >= 4 is 21.6 Å². The maximum atomic E-state index is 11.3. The lowest BCUT2D eigenvalue weighted by Crippen LogP contribution is -2.83. The molecular formula is C22H24ClN2O3S+. The number of hydrogen-bond acceptors (Lipinski definition) is 3. The number of nitrogens with two attached hydrogens (primary N) is 2. The topological polar surface area (TPSA) is 86.0 Å². The number of halogens is 1. The molecule has 0 unspecified atom stereocenters. The van der Waals surface area contributed by atoms with Gasteiger partial charge in [0.2, 0.25) is 10.0 Å².